The van der Waals surface area contributed by atoms with E-state index in [1.807, 2.05) is 24.0 Å². The van der Waals surface area contributed by atoms with Gasteiger partial charge in [0.05, 0.1) is 11.3 Å². The molecule has 0 aliphatic carbocycles. The normalized spacial score (nSPS) is 13.9. The molecule has 0 saturated heterocycles. The topological polar surface area (TPSA) is 72.3 Å². The third kappa shape index (κ3) is 2.33. The minimum absolute atomic E-state index is 0.0530. The zero-order chi connectivity index (χ0) is 15.0. The smallest absolute Gasteiger partial charge is 0.260 e. The van der Waals surface area contributed by atoms with Crippen LogP contribution in [-0.2, 0) is 6.42 Å². The largest absolute Gasteiger partial charge is 0.399 e. The van der Waals surface area contributed by atoms with Gasteiger partial charge in [-0.15, -0.1) is 0 Å². The van der Waals surface area contributed by atoms with Gasteiger partial charge >= 0.3 is 0 Å². The van der Waals surface area contributed by atoms with Crippen LogP contribution in [0.1, 0.15) is 27.9 Å². The molecule has 1 aliphatic rings. The van der Waals surface area contributed by atoms with Gasteiger partial charge in [-0.2, -0.15) is 0 Å². The van der Waals surface area contributed by atoms with Gasteiger partial charge < -0.3 is 16.4 Å². The number of hydrogen-bond acceptors (Lipinski definition) is 3. The monoisotopic (exact) mass is 281 g/mol. The molecule has 0 unspecified atom stereocenters. The number of carbonyl (C=O) groups is 1. The van der Waals surface area contributed by atoms with Crippen LogP contribution in [0, 0.1) is 6.92 Å². The second-order valence-corrected chi connectivity index (χ2v) is 5.49. The van der Waals surface area contributed by atoms with Gasteiger partial charge in [0, 0.05) is 17.9 Å². The number of rotatable bonds is 1. The van der Waals surface area contributed by atoms with Gasteiger partial charge in [-0.1, -0.05) is 18.2 Å². The average Bonchev–Trinajstić information content (AvgIpc) is 2.46. The molecule has 0 radical (unpaired) electrons. The predicted octanol–water partition coefficient (Wildman–Crippen LogP) is 2.75. The molecule has 1 aliphatic heterocycles. The molecule has 21 heavy (non-hydrogen) atoms. The lowest BCUT2D eigenvalue weighted by molar-refractivity contribution is 0.0986. The first-order valence-electron chi connectivity index (χ1n) is 7.13. The number of nitrogen functional groups attached to an aromatic ring is 2. The van der Waals surface area contributed by atoms with Crippen molar-refractivity contribution in [2.24, 2.45) is 0 Å². The summed E-state index contributed by atoms with van der Waals surface area (Å²) >= 11 is 0. The van der Waals surface area contributed by atoms with Gasteiger partial charge in [0.1, 0.15) is 0 Å². The summed E-state index contributed by atoms with van der Waals surface area (Å²) in [5, 5.41) is 0. The maximum atomic E-state index is 12.9. The third-order valence-corrected chi connectivity index (χ3v) is 3.97. The van der Waals surface area contributed by atoms with Crippen LogP contribution < -0.4 is 16.4 Å². The summed E-state index contributed by atoms with van der Waals surface area (Å²) in [5.74, 6) is -0.0530. The summed E-state index contributed by atoms with van der Waals surface area (Å²) in [6.45, 7) is 2.76. The van der Waals surface area contributed by atoms with Crippen molar-refractivity contribution in [3.8, 4) is 0 Å². The SMILES string of the molecule is Cc1cccc2c1N(C(=O)c1ccc(N)cc1N)CCC2. The zero-order valence-electron chi connectivity index (χ0n) is 12.1. The summed E-state index contributed by atoms with van der Waals surface area (Å²) < 4.78 is 0. The van der Waals surface area contributed by atoms with Crippen molar-refractivity contribution in [3.63, 3.8) is 0 Å². The quantitative estimate of drug-likeness (QED) is 0.789. The van der Waals surface area contributed by atoms with E-state index in [1.165, 1.54) is 5.56 Å². The van der Waals surface area contributed by atoms with Gasteiger partial charge in [0.15, 0.2) is 0 Å². The zero-order valence-corrected chi connectivity index (χ0v) is 12.1. The molecule has 108 valence electrons. The molecule has 1 heterocycles. The molecule has 0 fully saturated rings. The molecule has 2 aromatic rings. The van der Waals surface area contributed by atoms with E-state index in [9.17, 15) is 4.79 Å². The summed E-state index contributed by atoms with van der Waals surface area (Å²) in [4.78, 5) is 14.7. The fourth-order valence-corrected chi connectivity index (χ4v) is 2.97. The molecular weight excluding hydrogens is 262 g/mol. The first-order valence-corrected chi connectivity index (χ1v) is 7.13. The van der Waals surface area contributed by atoms with Crippen molar-refractivity contribution in [1.82, 2.24) is 0 Å². The molecule has 0 bridgehead atoms. The number of fused-ring (bicyclic) bond motifs is 1. The average molecular weight is 281 g/mol. The van der Waals surface area contributed by atoms with E-state index in [0.29, 0.717) is 16.9 Å². The Hall–Kier alpha value is -2.49. The summed E-state index contributed by atoms with van der Waals surface area (Å²) in [6, 6.07) is 11.2. The number of amides is 1. The fraction of sp³-hybridized carbons (Fsp3) is 0.235. The molecule has 0 atom stereocenters. The van der Waals surface area contributed by atoms with E-state index in [4.69, 9.17) is 11.5 Å². The number of nitrogens with zero attached hydrogens (tertiary/aromatic N) is 1. The second-order valence-electron chi connectivity index (χ2n) is 5.49. The number of carbonyl (C=O) groups excluding carboxylic acids is 1. The minimum Gasteiger partial charge on any atom is -0.399 e. The van der Waals surface area contributed by atoms with Crippen LogP contribution in [0.2, 0.25) is 0 Å². The van der Waals surface area contributed by atoms with E-state index in [0.717, 1.165) is 30.6 Å². The van der Waals surface area contributed by atoms with E-state index < -0.39 is 0 Å². The number of hydrogen-bond donors (Lipinski definition) is 2. The van der Waals surface area contributed by atoms with E-state index in [2.05, 4.69) is 6.07 Å². The molecule has 1 amide bonds. The minimum atomic E-state index is -0.0530. The Balaban J connectivity index is 2.04. The molecule has 2 aromatic carbocycles. The lowest BCUT2D eigenvalue weighted by atomic mass is 9.97. The summed E-state index contributed by atoms with van der Waals surface area (Å²) in [7, 11) is 0. The van der Waals surface area contributed by atoms with Crippen molar-refractivity contribution in [3.05, 3.63) is 53.1 Å². The van der Waals surface area contributed by atoms with E-state index in [1.54, 1.807) is 18.2 Å². The van der Waals surface area contributed by atoms with Crippen LogP contribution in [0.25, 0.3) is 0 Å². The highest BCUT2D eigenvalue weighted by Crippen LogP contribution is 2.32. The number of para-hydroxylation sites is 1. The first kappa shape index (κ1) is 13.5. The summed E-state index contributed by atoms with van der Waals surface area (Å²) in [6.07, 6.45) is 1.98. The van der Waals surface area contributed by atoms with Gasteiger partial charge in [0.25, 0.3) is 5.91 Å². The predicted molar refractivity (Wildman–Crippen MR) is 86.4 cm³/mol. The molecular formula is C17H19N3O. The van der Waals surface area contributed by atoms with Crippen LogP contribution in [0.4, 0.5) is 17.1 Å². The Morgan fingerprint density at radius 2 is 2.00 bits per heavy atom. The fourth-order valence-electron chi connectivity index (χ4n) is 2.97. The Morgan fingerprint density at radius 1 is 1.19 bits per heavy atom. The van der Waals surface area contributed by atoms with Crippen molar-refractivity contribution in [2.45, 2.75) is 19.8 Å². The summed E-state index contributed by atoms with van der Waals surface area (Å²) in [5.41, 5.74) is 16.6. The molecule has 0 aromatic heterocycles. The van der Waals surface area contributed by atoms with Crippen LogP contribution in [0.15, 0.2) is 36.4 Å². The van der Waals surface area contributed by atoms with Crippen LogP contribution in [0.3, 0.4) is 0 Å². The molecule has 4 N–H and O–H groups in total. The van der Waals surface area contributed by atoms with E-state index in [-0.39, 0.29) is 5.91 Å². The lowest BCUT2D eigenvalue weighted by Gasteiger charge is -2.31. The van der Waals surface area contributed by atoms with Gasteiger partial charge in [-0.25, -0.2) is 0 Å². The molecule has 3 rings (SSSR count). The number of aryl methyl sites for hydroxylation is 2. The van der Waals surface area contributed by atoms with Gasteiger partial charge in [-0.05, 0) is 49.1 Å². The van der Waals surface area contributed by atoms with Crippen molar-refractivity contribution >= 4 is 23.0 Å². The van der Waals surface area contributed by atoms with Crippen molar-refractivity contribution in [2.75, 3.05) is 22.9 Å². The number of benzene rings is 2. The van der Waals surface area contributed by atoms with Crippen molar-refractivity contribution < 1.29 is 4.79 Å². The Labute approximate surface area is 124 Å². The van der Waals surface area contributed by atoms with Gasteiger partial charge in [-0.3, -0.25) is 4.79 Å². The highest BCUT2D eigenvalue weighted by molar-refractivity contribution is 6.10. The Bertz CT molecular complexity index is 709. The first-order chi connectivity index (χ1) is 10.1. The highest BCUT2D eigenvalue weighted by Gasteiger charge is 2.26. The standard InChI is InChI=1S/C17H19N3O/c1-11-4-2-5-12-6-3-9-20(16(11)12)17(21)14-8-7-13(18)10-15(14)19/h2,4-5,7-8,10H,3,6,9,18-19H2,1H3. The van der Waals surface area contributed by atoms with E-state index >= 15 is 0 Å². The van der Waals surface area contributed by atoms with Crippen molar-refractivity contribution in [1.29, 1.82) is 0 Å². The maximum Gasteiger partial charge on any atom is 0.260 e. The second kappa shape index (κ2) is 5.13. The van der Waals surface area contributed by atoms with Crippen LogP contribution >= 0.6 is 0 Å². The van der Waals surface area contributed by atoms with Gasteiger partial charge in [0.2, 0.25) is 0 Å². The molecule has 0 saturated carbocycles. The Kier molecular flexibility index (Phi) is 3.29. The number of nitrogens with two attached hydrogens (primary N) is 2. The Morgan fingerprint density at radius 3 is 2.76 bits per heavy atom. The number of anilines is 3. The highest BCUT2D eigenvalue weighted by atomic mass is 16.2. The molecule has 0 spiro atoms. The molecule has 4 nitrogen and oxygen atoms in total. The van der Waals surface area contributed by atoms with Crippen LogP contribution in [-0.4, -0.2) is 12.5 Å². The van der Waals surface area contributed by atoms with Crippen LogP contribution in [0.5, 0.6) is 0 Å². The third-order valence-electron chi connectivity index (χ3n) is 3.97. The maximum absolute atomic E-state index is 12.9. The molecule has 4 heteroatoms. The lowest BCUT2D eigenvalue weighted by Crippen LogP contribution is -2.36.